The zero-order valence-electron chi connectivity index (χ0n) is 10.0. The monoisotopic (exact) mass is 259 g/mol. The molecular formula is C11H17NO4S. The molecule has 0 spiro atoms. The molecule has 0 aromatic rings. The van der Waals surface area contributed by atoms with Crippen molar-refractivity contribution in [3.8, 4) is 6.07 Å². The summed E-state index contributed by atoms with van der Waals surface area (Å²) >= 11 is 0. The number of carbonyl (C=O) groups is 1. The Labute approximate surface area is 101 Å². The fourth-order valence-electron chi connectivity index (χ4n) is 2.09. The summed E-state index contributed by atoms with van der Waals surface area (Å²) < 4.78 is 24.1. The van der Waals surface area contributed by atoms with E-state index in [2.05, 4.69) is 0 Å². The zero-order chi connectivity index (χ0) is 13.3. The first-order chi connectivity index (χ1) is 7.74. The zero-order valence-corrected chi connectivity index (χ0v) is 10.8. The van der Waals surface area contributed by atoms with Crippen LogP contribution in [0.2, 0.25) is 0 Å². The molecule has 0 aromatic carbocycles. The van der Waals surface area contributed by atoms with Crippen molar-refractivity contribution in [2.24, 2.45) is 11.3 Å². The molecule has 1 saturated carbocycles. The molecule has 6 heteroatoms. The van der Waals surface area contributed by atoms with Crippen LogP contribution in [-0.4, -0.2) is 30.5 Å². The van der Waals surface area contributed by atoms with Gasteiger partial charge < -0.3 is 5.11 Å². The standard InChI is InChI=1S/C11H17NO4S/c1-8(2)9(10(13)14)17(15,16)7-11(3-4-11)5-6-12/h8-9H,3-5,7H2,1-2H3,(H,13,14). The minimum Gasteiger partial charge on any atom is -0.480 e. The average molecular weight is 259 g/mol. The van der Waals surface area contributed by atoms with E-state index in [9.17, 15) is 13.2 Å². The van der Waals surface area contributed by atoms with Gasteiger partial charge in [-0.2, -0.15) is 5.26 Å². The molecule has 1 rings (SSSR count). The molecule has 1 aliphatic rings. The topological polar surface area (TPSA) is 95.2 Å². The SMILES string of the molecule is CC(C)C(C(=O)O)S(=O)(=O)CC1(CC#N)CC1. The third kappa shape index (κ3) is 3.19. The van der Waals surface area contributed by atoms with E-state index in [-0.39, 0.29) is 12.2 Å². The summed E-state index contributed by atoms with van der Waals surface area (Å²) in [5.41, 5.74) is -0.476. The number of rotatable bonds is 6. The molecule has 0 aromatic heterocycles. The molecule has 17 heavy (non-hydrogen) atoms. The first-order valence-corrected chi connectivity index (χ1v) is 7.27. The predicted molar refractivity (Wildman–Crippen MR) is 61.9 cm³/mol. The maximum atomic E-state index is 12.1. The van der Waals surface area contributed by atoms with Gasteiger partial charge in [-0.3, -0.25) is 4.79 Å². The molecule has 5 nitrogen and oxygen atoms in total. The van der Waals surface area contributed by atoms with Crippen molar-refractivity contribution in [3.63, 3.8) is 0 Å². The largest absolute Gasteiger partial charge is 0.480 e. The molecule has 0 bridgehead atoms. The molecule has 1 unspecified atom stereocenters. The van der Waals surface area contributed by atoms with Gasteiger partial charge in [0.2, 0.25) is 0 Å². The molecule has 0 aliphatic heterocycles. The lowest BCUT2D eigenvalue weighted by Crippen LogP contribution is -2.38. The van der Waals surface area contributed by atoms with Crippen LogP contribution in [0.4, 0.5) is 0 Å². The number of aliphatic carboxylic acids is 1. The number of carboxylic acids is 1. The molecule has 1 atom stereocenters. The summed E-state index contributed by atoms with van der Waals surface area (Å²) in [6.45, 7) is 3.17. The Hall–Kier alpha value is -1.09. The van der Waals surface area contributed by atoms with Crippen LogP contribution in [-0.2, 0) is 14.6 Å². The van der Waals surface area contributed by atoms with Crippen LogP contribution in [0.3, 0.4) is 0 Å². The molecule has 0 radical (unpaired) electrons. The van der Waals surface area contributed by atoms with Crippen LogP contribution < -0.4 is 0 Å². The molecular weight excluding hydrogens is 242 g/mol. The number of carboxylic acid groups (broad SMARTS) is 1. The first-order valence-electron chi connectivity index (χ1n) is 5.55. The van der Waals surface area contributed by atoms with Crippen molar-refractivity contribution in [3.05, 3.63) is 0 Å². The van der Waals surface area contributed by atoms with Gasteiger partial charge in [-0.15, -0.1) is 0 Å². The fourth-order valence-corrected chi connectivity index (χ4v) is 4.65. The maximum Gasteiger partial charge on any atom is 0.322 e. The summed E-state index contributed by atoms with van der Waals surface area (Å²) in [6, 6.07) is 1.98. The van der Waals surface area contributed by atoms with Crippen molar-refractivity contribution in [1.82, 2.24) is 0 Å². The smallest absolute Gasteiger partial charge is 0.322 e. The van der Waals surface area contributed by atoms with Gasteiger partial charge in [0.15, 0.2) is 15.1 Å². The second-order valence-corrected chi connectivity index (χ2v) is 7.27. The Balaban J connectivity index is 2.88. The second kappa shape index (κ2) is 4.65. The highest BCUT2D eigenvalue weighted by Crippen LogP contribution is 2.50. The number of sulfone groups is 1. The summed E-state index contributed by atoms with van der Waals surface area (Å²) in [5.74, 6) is -1.94. The molecule has 1 fully saturated rings. The third-order valence-electron chi connectivity index (χ3n) is 3.15. The predicted octanol–water partition coefficient (Wildman–Crippen LogP) is 1.20. The van der Waals surface area contributed by atoms with Crippen LogP contribution in [0.1, 0.15) is 33.1 Å². The van der Waals surface area contributed by atoms with Gasteiger partial charge in [0.25, 0.3) is 0 Å². The van der Waals surface area contributed by atoms with E-state index < -0.39 is 32.4 Å². The quantitative estimate of drug-likeness (QED) is 0.773. The molecule has 96 valence electrons. The Morgan fingerprint density at radius 1 is 1.47 bits per heavy atom. The van der Waals surface area contributed by atoms with Gasteiger partial charge in [-0.25, -0.2) is 8.42 Å². The highest BCUT2D eigenvalue weighted by atomic mass is 32.2. The van der Waals surface area contributed by atoms with Gasteiger partial charge in [-0.05, 0) is 24.2 Å². The van der Waals surface area contributed by atoms with Gasteiger partial charge in [0.1, 0.15) is 0 Å². The van der Waals surface area contributed by atoms with Crippen molar-refractivity contribution in [2.75, 3.05) is 5.75 Å². The highest BCUT2D eigenvalue weighted by molar-refractivity contribution is 7.92. The Kier molecular flexibility index (Phi) is 3.82. The summed E-state index contributed by atoms with van der Waals surface area (Å²) in [4.78, 5) is 11.0. The van der Waals surface area contributed by atoms with E-state index in [0.717, 1.165) is 0 Å². The Morgan fingerprint density at radius 2 is 2.00 bits per heavy atom. The minimum atomic E-state index is -3.69. The molecule has 0 amide bonds. The van der Waals surface area contributed by atoms with Gasteiger partial charge in [0, 0.05) is 6.42 Å². The fraction of sp³-hybridized carbons (Fsp3) is 0.818. The van der Waals surface area contributed by atoms with Crippen LogP contribution >= 0.6 is 0 Å². The van der Waals surface area contributed by atoms with Gasteiger partial charge in [-0.1, -0.05) is 13.8 Å². The molecule has 0 saturated heterocycles. The molecule has 0 heterocycles. The number of hydrogen-bond donors (Lipinski definition) is 1. The van der Waals surface area contributed by atoms with Crippen molar-refractivity contribution >= 4 is 15.8 Å². The number of nitriles is 1. The van der Waals surface area contributed by atoms with Crippen molar-refractivity contribution in [1.29, 1.82) is 5.26 Å². The van der Waals surface area contributed by atoms with Crippen LogP contribution in [0.15, 0.2) is 0 Å². The lowest BCUT2D eigenvalue weighted by Gasteiger charge is -2.19. The lowest BCUT2D eigenvalue weighted by molar-refractivity contribution is -0.137. The third-order valence-corrected chi connectivity index (χ3v) is 5.69. The maximum absolute atomic E-state index is 12.1. The molecule has 1 N–H and O–H groups in total. The average Bonchev–Trinajstić information content (AvgIpc) is 2.81. The van der Waals surface area contributed by atoms with E-state index >= 15 is 0 Å². The van der Waals surface area contributed by atoms with E-state index in [4.69, 9.17) is 10.4 Å². The van der Waals surface area contributed by atoms with E-state index in [0.29, 0.717) is 12.8 Å². The minimum absolute atomic E-state index is 0.178. The van der Waals surface area contributed by atoms with E-state index in [1.807, 2.05) is 6.07 Å². The molecule has 1 aliphatic carbocycles. The summed E-state index contributed by atoms with van der Waals surface area (Å²) in [6.07, 6.45) is 1.59. The van der Waals surface area contributed by atoms with Crippen LogP contribution in [0.5, 0.6) is 0 Å². The van der Waals surface area contributed by atoms with Crippen LogP contribution in [0.25, 0.3) is 0 Å². The summed E-state index contributed by atoms with van der Waals surface area (Å²) in [5, 5.41) is 16.3. The summed E-state index contributed by atoms with van der Waals surface area (Å²) in [7, 11) is -3.69. The number of nitrogens with zero attached hydrogens (tertiary/aromatic N) is 1. The lowest BCUT2D eigenvalue weighted by atomic mass is 10.1. The van der Waals surface area contributed by atoms with E-state index in [1.165, 1.54) is 0 Å². The second-order valence-electron chi connectivity index (χ2n) is 5.14. The first kappa shape index (κ1) is 14.0. The van der Waals surface area contributed by atoms with Crippen LogP contribution in [0, 0.1) is 22.7 Å². The van der Waals surface area contributed by atoms with Gasteiger partial charge >= 0.3 is 5.97 Å². The Morgan fingerprint density at radius 3 is 2.29 bits per heavy atom. The van der Waals surface area contributed by atoms with Crippen molar-refractivity contribution in [2.45, 2.75) is 38.4 Å². The number of hydrogen-bond acceptors (Lipinski definition) is 4. The van der Waals surface area contributed by atoms with Gasteiger partial charge in [0.05, 0.1) is 11.8 Å². The van der Waals surface area contributed by atoms with E-state index in [1.54, 1.807) is 13.8 Å². The normalized spacial score (nSPS) is 19.6. The highest BCUT2D eigenvalue weighted by Gasteiger charge is 2.49. The Bertz CT molecular complexity index is 443. The van der Waals surface area contributed by atoms with Crippen molar-refractivity contribution < 1.29 is 18.3 Å².